The molecule has 2 heteroatoms. The van der Waals surface area contributed by atoms with Gasteiger partial charge in [0.15, 0.2) is 0 Å². The molecule has 1 heterocycles. The van der Waals surface area contributed by atoms with Crippen molar-refractivity contribution < 1.29 is 0 Å². The fourth-order valence-electron chi connectivity index (χ4n) is 2.87. The first-order chi connectivity index (χ1) is 7.18. The highest BCUT2D eigenvalue weighted by molar-refractivity contribution is 5.13. The summed E-state index contributed by atoms with van der Waals surface area (Å²) in [5, 5.41) is 0. The summed E-state index contributed by atoms with van der Waals surface area (Å²) in [7, 11) is 0. The average molecular weight is 208 g/mol. The first kappa shape index (κ1) is 11.2. The first-order valence-corrected chi connectivity index (χ1v) is 6.32. The molecule has 0 bridgehead atoms. The minimum atomic E-state index is 0.374. The maximum absolute atomic E-state index is 5.93. The first-order valence-electron chi connectivity index (χ1n) is 6.32. The fourth-order valence-corrected chi connectivity index (χ4v) is 2.87. The predicted octanol–water partition coefficient (Wildman–Crippen LogP) is 2.16. The Morgan fingerprint density at radius 2 is 2.20 bits per heavy atom. The Morgan fingerprint density at radius 1 is 1.47 bits per heavy atom. The summed E-state index contributed by atoms with van der Waals surface area (Å²) in [4.78, 5) is 2.61. The van der Waals surface area contributed by atoms with Gasteiger partial charge in [-0.1, -0.05) is 25.5 Å². The maximum Gasteiger partial charge on any atom is 0.0335 e. The molecule has 1 fully saturated rings. The van der Waals surface area contributed by atoms with Gasteiger partial charge in [0.05, 0.1) is 0 Å². The molecule has 2 nitrogen and oxygen atoms in total. The quantitative estimate of drug-likeness (QED) is 0.720. The average Bonchev–Trinajstić information content (AvgIpc) is 2.18. The molecule has 0 aromatic rings. The van der Waals surface area contributed by atoms with Crippen LogP contribution in [0.5, 0.6) is 0 Å². The molecule has 0 aromatic heterocycles. The molecule has 0 atom stereocenters. The molecule has 2 N–H and O–H groups in total. The normalized spacial score (nSPS) is 26.3. The van der Waals surface area contributed by atoms with Crippen LogP contribution >= 0.6 is 0 Å². The van der Waals surface area contributed by atoms with Gasteiger partial charge in [-0.2, -0.15) is 0 Å². The Morgan fingerprint density at radius 3 is 2.53 bits per heavy atom. The monoisotopic (exact) mass is 208 g/mol. The Kier molecular flexibility index (Phi) is 3.17. The summed E-state index contributed by atoms with van der Waals surface area (Å²) >= 11 is 0. The van der Waals surface area contributed by atoms with Crippen LogP contribution in [0.3, 0.4) is 0 Å². The van der Waals surface area contributed by atoms with E-state index in [1.807, 2.05) is 0 Å². The Labute approximate surface area is 93.5 Å². The number of nitrogens with zero attached hydrogens (tertiary/aromatic N) is 1. The molecule has 1 aliphatic heterocycles. The summed E-state index contributed by atoms with van der Waals surface area (Å²) < 4.78 is 0. The number of rotatable bonds is 3. The lowest BCUT2D eigenvalue weighted by Crippen LogP contribution is -2.59. The molecule has 0 spiro atoms. The molecule has 0 radical (unpaired) electrons. The van der Waals surface area contributed by atoms with Crippen LogP contribution in [0, 0.1) is 5.92 Å². The second-order valence-corrected chi connectivity index (χ2v) is 5.41. The van der Waals surface area contributed by atoms with Gasteiger partial charge in [-0.3, -0.25) is 4.90 Å². The van der Waals surface area contributed by atoms with Crippen LogP contribution in [0.4, 0.5) is 0 Å². The molecule has 2 aliphatic rings. The highest BCUT2D eigenvalue weighted by Crippen LogP contribution is 2.38. The zero-order valence-corrected chi connectivity index (χ0v) is 10.1. The van der Waals surface area contributed by atoms with Crippen molar-refractivity contribution in [3.05, 3.63) is 11.6 Å². The van der Waals surface area contributed by atoms with Gasteiger partial charge in [0.2, 0.25) is 0 Å². The lowest BCUT2D eigenvalue weighted by molar-refractivity contribution is 0.0296. The second-order valence-electron chi connectivity index (χ2n) is 5.41. The van der Waals surface area contributed by atoms with E-state index in [2.05, 4.69) is 24.8 Å². The van der Waals surface area contributed by atoms with E-state index in [0.717, 1.165) is 19.0 Å². The van der Waals surface area contributed by atoms with E-state index in [1.165, 1.54) is 32.2 Å². The van der Waals surface area contributed by atoms with E-state index < -0.39 is 0 Å². The summed E-state index contributed by atoms with van der Waals surface area (Å²) in [5.74, 6) is 0.724. The molecule has 1 aliphatic carbocycles. The maximum atomic E-state index is 5.93. The van der Waals surface area contributed by atoms with Crippen molar-refractivity contribution in [1.82, 2.24) is 4.90 Å². The molecule has 0 amide bonds. The SMILES string of the molecule is CC(C)C1=CCN(C2(CN)CCC2)CC1. The lowest BCUT2D eigenvalue weighted by atomic mass is 9.74. The summed E-state index contributed by atoms with van der Waals surface area (Å²) in [5.41, 5.74) is 7.94. The number of hydrogen-bond donors (Lipinski definition) is 1. The fraction of sp³-hybridized carbons (Fsp3) is 0.846. The number of hydrogen-bond acceptors (Lipinski definition) is 2. The molecule has 1 saturated carbocycles. The van der Waals surface area contributed by atoms with Crippen molar-refractivity contribution in [2.45, 2.75) is 45.1 Å². The van der Waals surface area contributed by atoms with Gasteiger partial charge in [-0.05, 0) is 31.6 Å². The zero-order valence-electron chi connectivity index (χ0n) is 10.1. The van der Waals surface area contributed by atoms with E-state index in [-0.39, 0.29) is 0 Å². The minimum absolute atomic E-state index is 0.374. The van der Waals surface area contributed by atoms with Crippen LogP contribution in [-0.2, 0) is 0 Å². The van der Waals surface area contributed by atoms with Crippen molar-refractivity contribution in [3.8, 4) is 0 Å². The molecular weight excluding hydrogens is 184 g/mol. The van der Waals surface area contributed by atoms with Crippen LogP contribution in [0.1, 0.15) is 39.5 Å². The third-order valence-corrected chi connectivity index (χ3v) is 4.32. The van der Waals surface area contributed by atoms with Gasteiger partial charge in [-0.25, -0.2) is 0 Å². The van der Waals surface area contributed by atoms with E-state index in [0.29, 0.717) is 5.54 Å². The predicted molar refractivity (Wildman–Crippen MR) is 64.7 cm³/mol. The van der Waals surface area contributed by atoms with Crippen molar-refractivity contribution >= 4 is 0 Å². The van der Waals surface area contributed by atoms with Crippen molar-refractivity contribution in [1.29, 1.82) is 0 Å². The largest absolute Gasteiger partial charge is 0.329 e. The van der Waals surface area contributed by atoms with Crippen molar-refractivity contribution in [3.63, 3.8) is 0 Å². The summed E-state index contributed by atoms with van der Waals surface area (Å²) in [6.07, 6.45) is 7.68. The van der Waals surface area contributed by atoms with E-state index in [1.54, 1.807) is 5.57 Å². The molecule has 0 aromatic carbocycles. The molecule has 86 valence electrons. The van der Waals surface area contributed by atoms with Gasteiger partial charge in [0.25, 0.3) is 0 Å². The van der Waals surface area contributed by atoms with Gasteiger partial charge < -0.3 is 5.73 Å². The summed E-state index contributed by atoms with van der Waals surface area (Å²) in [6.45, 7) is 7.79. The topological polar surface area (TPSA) is 29.3 Å². The van der Waals surface area contributed by atoms with Crippen LogP contribution in [0.15, 0.2) is 11.6 Å². The van der Waals surface area contributed by atoms with Gasteiger partial charge >= 0.3 is 0 Å². The Balaban J connectivity index is 1.98. The standard InChI is InChI=1S/C13H24N2/c1-11(2)12-4-8-15(9-5-12)13(10-14)6-3-7-13/h4,11H,3,5-10,14H2,1-2H3. The van der Waals surface area contributed by atoms with E-state index in [9.17, 15) is 0 Å². The van der Waals surface area contributed by atoms with Crippen LogP contribution < -0.4 is 5.73 Å². The number of nitrogens with two attached hydrogens (primary N) is 1. The molecule has 0 unspecified atom stereocenters. The minimum Gasteiger partial charge on any atom is -0.329 e. The highest BCUT2D eigenvalue weighted by atomic mass is 15.2. The molecule has 2 rings (SSSR count). The van der Waals surface area contributed by atoms with Crippen LogP contribution in [0.2, 0.25) is 0 Å². The highest BCUT2D eigenvalue weighted by Gasteiger charge is 2.41. The zero-order chi connectivity index (χ0) is 10.9. The third-order valence-electron chi connectivity index (χ3n) is 4.32. The van der Waals surface area contributed by atoms with Gasteiger partial charge in [-0.15, -0.1) is 0 Å². The van der Waals surface area contributed by atoms with Crippen LogP contribution in [0.25, 0.3) is 0 Å². The van der Waals surface area contributed by atoms with E-state index >= 15 is 0 Å². The smallest absolute Gasteiger partial charge is 0.0335 e. The van der Waals surface area contributed by atoms with Gasteiger partial charge in [0.1, 0.15) is 0 Å². The molecular formula is C13H24N2. The third kappa shape index (κ3) is 1.98. The van der Waals surface area contributed by atoms with Crippen LogP contribution in [-0.4, -0.2) is 30.1 Å². The summed E-state index contributed by atoms with van der Waals surface area (Å²) in [6, 6.07) is 0. The van der Waals surface area contributed by atoms with Crippen molar-refractivity contribution in [2.75, 3.05) is 19.6 Å². The van der Waals surface area contributed by atoms with Gasteiger partial charge in [0, 0.05) is 25.2 Å². The van der Waals surface area contributed by atoms with Crippen molar-refractivity contribution in [2.24, 2.45) is 11.7 Å². The van der Waals surface area contributed by atoms with E-state index in [4.69, 9.17) is 5.73 Å². The lowest BCUT2D eigenvalue weighted by Gasteiger charge is -2.51. The molecule has 0 saturated heterocycles. The Bertz CT molecular complexity index is 246. The molecule has 15 heavy (non-hydrogen) atoms. The second kappa shape index (κ2) is 4.26. The Hall–Kier alpha value is -0.340.